The number of halogens is 1. The van der Waals surface area contributed by atoms with Crippen LogP contribution in [0, 0.1) is 0 Å². The van der Waals surface area contributed by atoms with Gasteiger partial charge in [0.05, 0.1) is 0 Å². The molecule has 6 heteroatoms. The standard InChI is InChI=1S/C25H20ClO4P/c26-31(19-10-4-1-5-11-19,20-12-6-2-7-13-20,21-14-8-3-9-15-21)18-22(27)23-16-17-24(30-23)25(28)29/h1-17H,18H2,(H,28,29). The molecule has 31 heavy (non-hydrogen) atoms. The average Bonchev–Trinajstić information content (AvgIpc) is 3.32. The van der Waals surface area contributed by atoms with E-state index in [2.05, 4.69) is 0 Å². The molecule has 0 spiro atoms. The molecule has 3 aromatic carbocycles. The molecule has 0 aliphatic carbocycles. The summed E-state index contributed by atoms with van der Waals surface area (Å²) in [5.41, 5.74) is 0. The molecule has 4 rings (SSSR count). The van der Waals surface area contributed by atoms with Crippen molar-refractivity contribution in [1.82, 2.24) is 0 Å². The predicted molar refractivity (Wildman–Crippen MR) is 126 cm³/mol. The van der Waals surface area contributed by atoms with Crippen LogP contribution < -0.4 is 15.9 Å². The van der Waals surface area contributed by atoms with Crippen LogP contribution in [0.1, 0.15) is 21.1 Å². The number of ketones is 1. The predicted octanol–water partition coefficient (Wildman–Crippen LogP) is 4.84. The summed E-state index contributed by atoms with van der Waals surface area (Å²) < 4.78 is 5.32. The van der Waals surface area contributed by atoms with Gasteiger partial charge in [-0.25, -0.2) is 0 Å². The number of carboxylic acids is 1. The van der Waals surface area contributed by atoms with Gasteiger partial charge < -0.3 is 0 Å². The third-order valence-electron chi connectivity index (χ3n) is 5.42. The van der Waals surface area contributed by atoms with Crippen LogP contribution >= 0.6 is 17.2 Å². The van der Waals surface area contributed by atoms with Crippen LogP contribution in [0.3, 0.4) is 0 Å². The van der Waals surface area contributed by atoms with Crippen molar-refractivity contribution in [2.45, 2.75) is 0 Å². The maximum absolute atomic E-state index is 13.5. The Bertz CT molecular complexity index is 1120. The molecule has 0 radical (unpaired) electrons. The molecule has 0 fully saturated rings. The van der Waals surface area contributed by atoms with E-state index in [4.69, 9.17) is 15.7 Å². The van der Waals surface area contributed by atoms with Crippen molar-refractivity contribution in [3.05, 3.63) is 115 Å². The molecule has 1 N–H and O–H groups in total. The molecular formula is C25H20ClO4P. The van der Waals surface area contributed by atoms with Gasteiger partial charge >= 0.3 is 185 Å². The summed E-state index contributed by atoms with van der Waals surface area (Å²) in [7, 11) is 0. The Labute approximate surface area is 184 Å². The van der Waals surface area contributed by atoms with Crippen LogP contribution in [0.4, 0.5) is 0 Å². The summed E-state index contributed by atoms with van der Waals surface area (Å²) in [6.07, 6.45) is -0.0439. The molecule has 0 atom stereocenters. The Morgan fingerprint density at radius 2 is 1.06 bits per heavy atom. The molecule has 0 saturated carbocycles. The van der Waals surface area contributed by atoms with Crippen molar-refractivity contribution in [2.75, 3.05) is 6.16 Å². The number of carboxylic acid groups (broad SMARTS) is 1. The van der Waals surface area contributed by atoms with E-state index in [0.29, 0.717) is 0 Å². The number of benzene rings is 3. The van der Waals surface area contributed by atoms with Gasteiger partial charge in [-0.05, 0) is 0 Å². The fourth-order valence-electron chi connectivity index (χ4n) is 3.89. The topological polar surface area (TPSA) is 67.5 Å². The summed E-state index contributed by atoms with van der Waals surface area (Å²) in [5.74, 6) is -5.67. The third kappa shape index (κ3) is 3.59. The summed E-state index contributed by atoms with van der Waals surface area (Å²) in [6, 6.07) is 31.5. The zero-order valence-corrected chi connectivity index (χ0v) is 18.2. The van der Waals surface area contributed by atoms with Gasteiger partial charge in [0.25, 0.3) is 0 Å². The van der Waals surface area contributed by atoms with Crippen molar-refractivity contribution in [2.24, 2.45) is 0 Å². The molecule has 1 heterocycles. The van der Waals surface area contributed by atoms with Crippen molar-refractivity contribution in [3.8, 4) is 0 Å². The second kappa shape index (κ2) is 8.14. The monoisotopic (exact) mass is 450 g/mol. The normalized spacial score (nSPS) is 12.6. The number of Topliss-reactive ketones (excluding diaryl/α,β-unsaturated/α-hetero) is 1. The van der Waals surface area contributed by atoms with Crippen molar-refractivity contribution in [3.63, 3.8) is 0 Å². The van der Waals surface area contributed by atoms with Gasteiger partial charge in [-0.3, -0.25) is 0 Å². The Morgan fingerprint density at radius 1 is 0.677 bits per heavy atom. The SMILES string of the molecule is O=C(O)c1ccc(C(=O)CP(Cl)(c2ccccc2)(c2ccccc2)c2ccccc2)o1. The van der Waals surface area contributed by atoms with Crippen LogP contribution in [-0.4, -0.2) is 23.0 Å². The molecule has 4 nitrogen and oxygen atoms in total. The molecule has 0 aliphatic heterocycles. The molecule has 0 saturated heterocycles. The molecule has 0 unspecified atom stereocenters. The number of hydrogen-bond acceptors (Lipinski definition) is 3. The van der Waals surface area contributed by atoms with E-state index < -0.39 is 11.9 Å². The summed E-state index contributed by atoms with van der Waals surface area (Å²) in [4.78, 5) is 24.7. The fraction of sp³-hybridized carbons (Fsp3) is 0.0400. The molecule has 0 aliphatic rings. The Hall–Kier alpha value is -3.20. The van der Waals surface area contributed by atoms with Gasteiger partial charge in [0.2, 0.25) is 0 Å². The van der Waals surface area contributed by atoms with Gasteiger partial charge in [0.15, 0.2) is 0 Å². The van der Waals surface area contributed by atoms with E-state index in [1.165, 1.54) is 12.1 Å². The molecule has 4 aromatic rings. The Morgan fingerprint density at radius 3 is 1.42 bits per heavy atom. The Kier molecular flexibility index (Phi) is 5.53. The van der Waals surface area contributed by atoms with E-state index in [1.807, 2.05) is 91.0 Å². The van der Waals surface area contributed by atoms with Gasteiger partial charge in [0.1, 0.15) is 0 Å². The minimum atomic E-state index is -3.79. The van der Waals surface area contributed by atoms with Gasteiger partial charge in [0, 0.05) is 0 Å². The van der Waals surface area contributed by atoms with E-state index in [-0.39, 0.29) is 23.5 Å². The quantitative estimate of drug-likeness (QED) is 0.323. The van der Waals surface area contributed by atoms with Crippen molar-refractivity contribution in [1.29, 1.82) is 0 Å². The van der Waals surface area contributed by atoms with Crippen LogP contribution in [0.15, 0.2) is 108 Å². The van der Waals surface area contributed by atoms with Gasteiger partial charge in [-0.15, -0.1) is 0 Å². The van der Waals surface area contributed by atoms with Crippen LogP contribution in [0.2, 0.25) is 0 Å². The van der Waals surface area contributed by atoms with Gasteiger partial charge in [-0.1, -0.05) is 0 Å². The first-order valence-corrected chi connectivity index (χ1v) is 13.0. The number of hydrogen-bond donors (Lipinski definition) is 1. The number of aromatic carboxylic acids is 1. The number of carbonyl (C=O) groups excluding carboxylic acids is 1. The summed E-state index contributed by atoms with van der Waals surface area (Å²) in [5, 5.41) is 11.7. The van der Waals surface area contributed by atoms with E-state index in [0.717, 1.165) is 15.9 Å². The molecule has 0 bridgehead atoms. The van der Waals surface area contributed by atoms with Crippen molar-refractivity contribution >= 4 is 44.9 Å². The first-order chi connectivity index (χ1) is 14.9. The van der Waals surface area contributed by atoms with E-state index >= 15 is 0 Å². The zero-order valence-electron chi connectivity index (χ0n) is 16.5. The minimum absolute atomic E-state index is 0.0187. The number of furan rings is 1. The third-order valence-corrected chi connectivity index (χ3v) is 12.5. The zero-order chi connectivity index (χ0) is 21.9. The maximum atomic E-state index is 13.5. The van der Waals surface area contributed by atoms with Crippen molar-refractivity contribution < 1.29 is 19.1 Å². The molecular weight excluding hydrogens is 431 g/mol. The first kappa shape index (κ1) is 21.0. The number of rotatable bonds is 7. The first-order valence-electron chi connectivity index (χ1n) is 9.69. The van der Waals surface area contributed by atoms with Crippen LogP contribution in [-0.2, 0) is 0 Å². The van der Waals surface area contributed by atoms with E-state index in [9.17, 15) is 14.7 Å². The average molecular weight is 451 g/mol. The molecule has 1 aromatic heterocycles. The summed E-state index contributed by atoms with van der Waals surface area (Å²) in [6.45, 7) is 0. The second-order valence-corrected chi connectivity index (χ2v) is 13.7. The van der Waals surface area contributed by atoms with Gasteiger partial charge in [-0.2, -0.15) is 0 Å². The van der Waals surface area contributed by atoms with E-state index in [1.54, 1.807) is 0 Å². The van der Waals surface area contributed by atoms with Crippen LogP contribution in [0.25, 0.3) is 0 Å². The summed E-state index contributed by atoms with van der Waals surface area (Å²) >= 11 is 7.84. The molecule has 156 valence electrons. The number of carbonyl (C=O) groups is 2. The second-order valence-electron chi connectivity index (χ2n) is 7.24. The molecule has 0 amide bonds. The Balaban J connectivity index is 1.98. The fourth-order valence-corrected chi connectivity index (χ4v) is 9.75. The van der Waals surface area contributed by atoms with Crippen LogP contribution in [0.5, 0.6) is 0 Å².